The first-order chi connectivity index (χ1) is 13.0. The molecule has 0 aliphatic carbocycles. The van der Waals surface area contributed by atoms with Crippen molar-refractivity contribution in [2.45, 2.75) is 26.3 Å². The van der Waals surface area contributed by atoms with Crippen molar-refractivity contribution in [3.63, 3.8) is 0 Å². The van der Waals surface area contributed by atoms with Gasteiger partial charge in [-0.15, -0.1) is 5.10 Å². The zero-order valence-electron chi connectivity index (χ0n) is 14.9. The maximum absolute atomic E-state index is 13.1. The highest BCUT2D eigenvalue weighted by atomic mass is 35.5. The Morgan fingerprint density at radius 2 is 2.22 bits per heavy atom. The van der Waals surface area contributed by atoms with Crippen LogP contribution in [0.4, 0.5) is 4.39 Å². The number of carbonyl (C=O) groups excluding carboxylic acids is 2. The molecule has 3 rings (SSSR count). The van der Waals surface area contributed by atoms with Gasteiger partial charge in [-0.2, -0.15) is 0 Å². The zero-order valence-corrected chi connectivity index (χ0v) is 15.7. The first-order valence-corrected chi connectivity index (χ1v) is 9.15. The van der Waals surface area contributed by atoms with E-state index in [9.17, 15) is 14.0 Å². The van der Waals surface area contributed by atoms with Crippen LogP contribution < -0.4 is 0 Å². The number of carbonyl (C=O) groups is 2. The Morgan fingerprint density at radius 3 is 2.96 bits per heavy atom. The summed E-state index contributed by atoms with van der Waals surface area (Å²) in [4.78, 5) is 26.2. The number of hydrogen-bond acceptors (Lipinski definition) is 5. The van der Waals surface area contributed by atoms with Crippen molar-refractivity contribution in [3.8, 4) is 0 Å². The van der Waals surface area contributed by atoms with E-state index in [-0.39, 0.29) is 35.1 Å². The Hall–Kier alpha value is -2.48. The van der Waals surface area contributed by atoms with Crippen molar-refractivity contribution < 1.29 is 18.7 Å². The summed E-state index contributed by atoms with van der Waals surface area (Å²) in [6, 6.07) is 4.10. The van der Waals surface area contributed by atoms with Gasteiger partial charge in [0, 0.05) is 18.1 Å². The van der Waals surface area contributed by atoms with Crippen molar-refractivity contribution in [1.82, 2.24) is 19.9 Å². The van der Waals surface area contributed by atoms with Crippen LogP contribution in [0.25, 0.3) is 0 Å². The third-order valence-electron chi connectivity index (χ3n) is 4.43. The third kappa shape index (κ3) is 4.63. The maximum Gasteiger partial charge on any atom is 0.310 e. The Balaban J connectivity index is 1.66. The molecule has 0 bridgehead atoms. The highest BCUT2D eigenvalue weighted by molar-refractivity contribution is 6.31. The van der Waals surface area contributed by atoms with Gasteiger partial charge < -0.3 is 9.64 Å². The molecule has 2 heterocycles. The van der Waals surface area contributed by atoms with Gasteiger partial charge in [-0.1, -0.05) is 22.9 Å². The van der Waals surface area contributed by atoms with Gasteiger partial charge in [-0.3, -0.25) is 9.59 Å². The Morgan fingerprint density at radius 1 is 1.41 bits per heavy atom. The van der Waals surface area contributed by atoms with Crippen molar-refractivity contribution >= 4 is 23.5 Å². The van der Waals surface area contributed by atoms with Gasteiger partial charge in [0.25, 0.3) is 5.91 Å². The maximum atomic E-state index is 13.1. The molecule has 0 radical (unpaired) electrons. The summed E-state index contributed by atoms with van der Waals surface area (Å²) >= 11 is 6.02. The monoisotopic (exact) mass is 394 g/mol. The first-order valence-electron chi connectivity index (χ1n) is 8.78. The number of aromatic nitrogens is 3. The van der Waals surface area contributed by atoms with Crippen LogP contribution in [0.3, 0.4) is 0 Å². The van der Waals surface area contributed by atoms with Crippen LogP contribution >= 0.6 is 11.6 Å². The Labute approximate surface area is 161 Å². The Bertz CT molecular complexity index is 842. The van der Waals surface area contributed by atoms with Crippen molar-refractivity contribution in [3.05, 3.63) is 46.5 Å². The van der Waals surface area contributed by atoms with Crippen LogP contribution in [-0.2, 0) is 16.1 Å². The number of hydrogen-bond donors (Lipinski definition) is 0. The predicted octanol–water partition coefficient (Wildman–Crippen LogP) is 2.53. The molecule has 1 aromatic carbocycles. The fourth-order valence-corrected chi connectivity index (χ4v) is 3.30. The Kier molecular flexibility index (Phi) is 6.05. The first kappa shape index (κ1) is 19.3. The molecular formula is C18H20ClFN4O3. The van der Waals surface area contributed by atoms with Crippen molar-refractivity contribution in [1.29, 1.82) is 0 Å². The molecule has 1 unspecified atom stereocenters. The molecule has 1 saturated heterocycles. The minimum atomic E-state index is -0.417. The molecule has 1 aliphatic heterocycles. The van der Waals surface area contributed by atoms with Crippen LogP contribution in [-0.4, -0.2) is 51.5 Å². The highest BCUT2D eigenvalue weighted by Crippen LogP contribution is 2.20. The lowest BCUT2D eigenvalue weighted by atomic mass is 9.98. The molecule has 1 atom stereocenters. The summed E-state index contributed by atoms with van der Waals surface area (Å²) < 4.78 is 19.7. The molecule has 0 N–H and O–H groups in total. The number of rotatable bonds is 5. The van der Waals surface area contributed by atoms with E-state index in [1.54, 1.807) is 17.9 Å². The predicted molar refractivity (Wildman–Crippen MR) is 95.8 cm³/mol. The van der Waals surface area contributed by atoms with Crippen molar-refractivity contribution in [2.24, 2.45) is 5.92 Å². The van der Waals surface area contributed by atoms with E-state index in [4.69, 9.17) is 16.3 Å². The average Bonchev–Trinajstić information content (AvgIpc) is 3.12. The molecule has 0 spiro atoms. The van der Waals surface area contributed by atoms with Gasteiger partial charge in [0.2, 0.25) is 0 Å². The van der Waals surface area contributed by atoms with Crippen LogP contribution in [0.15, 0.2) is 24.4 Å². The van der Waals surface area contributed by atoms with Gasteiger partial charge in [0.1, 0.15) is 5.82 Å². The smallest absolute Gasteiger partial charge is 0.310 e. The van der Waals surface area contributed by atoms with Gasteiger partial charge in [-0.05, 0) is 37.5 Å². The van der Waals surface area contributed by atoms with E-state index >= 15 is 0 Å². The van der Waals surface area contributed by atoms with Gasteiger partial charge in [0.15, 0.2) is 5.69 Å². The van der Waals surface area contributed by atoms with Gasteiger partial charge in [0.05, 0.1) is 25.3 Å². The topological polar surface area (TPSA) is 77.3 Å². The number of nitrogens with zero attached hydrogens (tertiary/aromatic N) is 4. The largest absolute Gasteiger partial charge is 0.466 e. The molecule has 144 valence electrons. The number of benzene rings is 1. The van der Waals surface area contributed by atoms with E-state index < -0.39 is 5.82 Å². The lowest BCUT2D eigenvalue weighted by molar-refractivity contribution is -0.149. The van der Waals surface area contributed by atoms with E-state index in [2.05, 4.69) is 10.3 Å². The standard InChI is InChI=1S/C18H20ClFN4O3/c1-2-27-18(26)13-4-3-7-23(9-13)17(25)16-11-24(22-21-16)10-12-5-6-14(20)8-15(12)19/h5-6,8,11,13H,2-4,7,9-10H2,1H3. The lowest BCUT2D eigenvalue weighted by Crippen LogP contribution is -2.43. The molecular weight excluding hydrogens is 375 g/mol. The number of likely N-dealkylation sites (tertiary alicyclic amines) is 1. The molecule has 1 fully saturated rings. The number of halogens is 2. The second kappa shape index (κ2) is 8.47. The summed E-state index contributed by atoms with van der Waals surface area (Å²) in [5, 5.41) is 8.16. The average molecular weight is 395 g/mol. The molecule has 0 saturated carbocycles. The van der Waals surface area contributed by atoms with Gasteiger partial charge in [-0.25, -0.2) is 9.07 Å². The van der Waals surface area contributed by atoms with Crippen LogP contribution in [0.5, 0.6) is 0 Å². The van der Waals surface area contributed by atoms with Crippen LogP contribution in [0, 0.1) is 11.7 Å². The minimum absolute atomic E-state index is 0.192. The molecule has 9 heteroatoms. The normalized spacial score (nSPS) is 17.0. The van der Waals surface area contributed by atoms with E-state index in [0.29, 0.717) is 31.7 Å². The second-order valence-corrected chi connectivity index (χ2v) is 6.79. The zero-order chi connectivity index (χ0) is 19.4. The number of esters is 1. The summed E-state index contributed by atoms with van der Waals surface area (Å²) in [5.74, 6) is -1.28. The molecule has 27 heavy (non-hydrogen) atoms. The van der Waals surface area contributed by atoms with E-state index in [1.807, 2.05) is 0 Å². The van der Waals surface area contributed by atoms with Crippen LogP contribution in [0.2, 0.25) is 5.02 Å². The summed E-state index contributed by atoms with van der Waals surface area (Å²) in [5.41, 5.74) is 0.861. The summed E-state index contributed by atoms with van der Waals surface area (Å²) in [6.45, 7) is 3.23. The highest BCUT2D eigenvalue weighted by Gasteiger charge is 2.30. The lowest BCUT2D eigenvalue weighted by Gasteiger charge is -2.30. The number of amides is 1. The third-order valence-corrected chi connectivity index (χ3v) is 4.79. The molecule has 1 aliphatic rings. The van der Waals surface area contributed by atoms with E-state index in [0.717, 1.165) is 6.42 Å². The van der Waals surface area contributed by atoms with Gasteiger partial charge >= 0.3 is 5.97 Å². The molecule has 2 aromatic rings. The molecule has 1 amide bonds. The molecule has 7 nitrogen and oxygen atoms in total. The van der Waals surface area contributed by atoms with E-state index in [1.165, 1.54) is 23.0 Å². The fraction of sp³-hybridized carbons (Fsp3) is 0.444. The second-order valence-electron chi connectivity index (χ2n) is 6.38. The quantitative estimate of drug-likeness (QED) is 0.728. The SMILES string of the molecule is CCOC(=O)C1CCCN(C(=O)c2cn(Cc3ccc(F)cc3Cl)nn2)C1. The van der Waals surface area contributed by atoms with Crippen molar-refractivity contribution in [2.75, 3.05) is 19.7 Å². The number of piperidine rings is 1. The summed E-state index contributed by atoms with van der Waals surface area (Å²) in [6.07, 6.45) is 2.96. The molecule has 1 aromatic heterocycles. The minimum Gasteiger partial charge on any atom is -0.466 e. The summed E-state index contributed by atoms with van der Waals surface area (Å²) in [7, 11) is 0. The van der Waals surface area contributed by atoms with Crippen LogP contribution in [0.1, 0.15) is 35.8 Å². The fourth-order valence-electron chi connectivity index (χ4n) is 3.07. The number of ether oxygens (including phenoxy) is 1.